The number of anilines is 1. The molecule has 4 rings (SSSR count). The molecule has 140 valence electrons. The van der Waals surface area contributed by atoms with Crippen molar-refractivity contribution in [3.8, 4) is 0 Å². The Bertz CT molecular complexity index is 955. The quantitative estimate of drug-likeness (QED) is 0.605. The smallest absolute Gasteiger partial charge is 0.265 e. The van der Waals surface area contributed by atoms with Crippen LogP contribution in [0.1, 0.15) is 41.4 Å². The van der Waals surface area contributed by atoms with E-state index in [0.29, 0.717) is 0 Å². The average molecular weight is 380 g/mol. The molecule has 27 heavy (non-hydrogen) atoms. The molecule has 0 bridgehead atoms. The minimum Gasteiger partial charge on any atom is -0.361 e. The van der Waals surface area contributed by atoms with Crippen LogP contribution in [0.3, 0.4) is 0 Å². The lowest BCUT2D eigenvalue weighted by Crippen LogP contribution is -2.29. The van der Waals surface area contributed by atoms with Gasteiger partial charge < -0.3 is 10.3 Å². The molecule has 1 amide bonds. The second-order valence-corrected chi connectivity index (χ2v) is 7.98. The summed E-state index contributed by atoms with van der Waals surface area (Å²) in [6.07, 6.45) is 8.04. The summed E-state index contributed by atoms with van der Waals surface area (Å²) >= 11 is 1.46. The van der Waals surface area contributed by atoms with Crippen LogP contribution in [-0.4, -0.2) is 35.4 Å². The van der Waals surface area contributed by atoms with Gasteiger partial charge in [-0.2, -0.15) is 0 Å². The predicted molar refractivity (Wildman–Crippen MR) is 115 cm³/mol. The molecule has 0 saturated heterocycles. The highest BCUT2D eigenvalue weighted by Gasteiger charge is 2.16. The van der Waals surface area contributed by atoms with Gasteiger partial charge in [-0.3, -0.25) is 9.69 Å². The van der Waals surface area contributed by atoms with E-state index < -0.39 is 0 Å². The summed E-state index contributed by atoms with van der Waals surface area (Å²) in [7, 11) is 0. The third-order valence-corrected chi connectivity index (χ3v) is 6.02. The maximum absolute atomic E-state index is 12.3. The van der Waals surface area contributed by atoms with E-state index in [2.05, 4.69) is 40.5 Å². The van der Waals surface area contributed by atoms with Crippen molar-refractivity contribution in [3.05, 3.63) is 58.4 Å². The number of fused-ring (bicyclic) bond motifs is 1. The second-order valence-electron chi connectivity index (χ2n) is 7.03. The summed E-state index contributed by atoms with van der Waals surface area (Å²) in [5, 5.41) is 6.11. The van der Waals surface area contributed by atoms with Crippen molar-refractivity contribution in [1.82, 2.24) is 9.88 Å². The highest BCUT2D eigenvalue weighted by Crippen LogP contribution is 2.31. The Balaban J connectivity index is 1.54. The van der Waals surface area contributed by atoms with Crippen LogP contribution >= 0.6 is 11.3 Å². The number of nitrogens with zero attached hydrogens (tertiary/aromatic N) is 1. The SMILES string of the molecule is CCCCN1CC=C(c2c[nH]c3ccc(NC(=O)c4cccs4)cc23)CC1. The number of amides is 1. The first-order valence-electron chi connectivity index (χ1n) is 9.62. The van der Waals surface area contributed by atoms with Crippen LogP contribution in [0.4, 0.5) is 5.69 Å². The predicted octanol–water partition coefficient (Wildman–Crippen LogP) is 5.37. The summed E-state index contributed by atoms with van der Waals surface area (Å²) in [5.74, 6) is -0.0510. The highest BCUT2D eigenvalue weighted by atomic mass is 32.1. The summed E-state index contributed by atoms with van der Waals surface area (Å²) < 4.78 is 0. The lowest BCUT2D eigenvalue weighted by atomic mass is 9.98. The summed E-state index contributed by atoms with van der Waals surface area (Å²) in [5.41, 5.74) is 4.60. The molecule has 0 atom stereocenters. The maximum Gasteiger partial charge on any atom is 0.265 e. The number of aromatic amines is 1. The monoisotopic (exact) mass is 379 g/mol. The first kappa shape index (κ1) is 18.0. The van der Waals surface area contributed by atoms with Gasteiger partial charge in [0.05, 0.1) is 4.88 Å². The molecular weight excluding hydrogens is 354 g/mol. The molecule has 2 aromatic heterocycles. The van der Waals surface area contributed by atoms with Gasteiger partial charge in [0.25, 0.3) is 5.91 Å². The van der Waals surface area contributed by atoms with Gasteiger partial charge in [0.2, 0.25) is 0 Å². The molecule has 0 aliphatic carbocycles. The van der Waals surface area contributed by atoms with Crippen molar-refractivity contribution in [3.63, 3.8) is 0 Å². The van der Waals surface area contributed by atoms with E-state index in [4.69, 9.17) is 0 Å². The van der Waals surface area contributed by atoms with E-state index in [-0.39, 0.29) is 5.91 Å². The molecule has 1 aromatic carbocycles. The Morgan fingerprint density at radius 1 is 1.33 bits per heavy atom. The van der Waals surface area contributed by atoms with E-state index in [1.807, 2.05) is 29.6 Å². The first-order valence-corrected chi connectivity index (χ1v) is 10.5. The first-order chi connectivity index (χ1) is 13.2. The Hall–Kier alpha value is -2.37. The topological polar surface area (TPSA) is 48.1 Å². The van der Waals surface area contributed by atoms with Crippen LogP contribution in [0.5, 0.6) is 0 Å². The van der Waals surface area contributed by atoms with Gasteiger partial charge in [-0.05, 0) is 54.6 Å². The fraction of sp³-hybridized carbons (Fsp3) is 0.318. The van der Waals surface area contributed by atoms with Crippen molar-refractivity contribution >= 4 is 39.4 Å². The van der Waals surface area contributed by atoms with Crippen molar-refractivity contribution in [2.75, 3.05) is 25.0 Å². The van der Waals surface area contributed by atoms with Crippen LogP contribution in [0, 0.1) is 0 Å². The Morgan fingerprint density at radius 3 is 3.00 bits per heavy atom. The molecule has 4 nitrogen and oxygen atoms in total. The third kappa shape index (κ3) is 3.99. The summed E-state index contributed by atoms with van der Waals surface area (Å²) in [4.78, 5) is 19.0. The van der Waals surface area contributed by atoms with E-state index in [0.717, 1.165) is 35.6 Å². The molecule has 0 radical (unpaired) electrons. The van der Waals surface area contributed by atoms with Gasteiger partial charge in [-0.25, -0.2) is 0 Å². The van der Waals surface area contributed by atoms with Gasteiger partial charge in [-0.1, -0.05) is 25.5 Å². The zero-order chi connectivity index (χ0) is 18.6. The number of rotatable bonds is 6. The van der Waals surface area contributed by atoms with Crippen LogP contribution in [-0.2, 0) is 0 Å². The molecule has 0 saturated carbocycles. The zero-order valence-corrected chi connectivity index (χ0v) is 16.4. The number of thiophene rings is 1. The molecule has 3 aromatic rings. The van der Waals surface area contributed by atoms with E-state index in [1.54, 1.807) is 0 Å². The molecule has 0 unspecified atom stereocenters. The molecule has 2 N–H and O–H groups in total. The van der Waals surface area contributed by atoms with Crippen LogP contribution in [0.25, 0.3) is 16.5 Å². The molecule has 1 aliphatic rings. The van der Waals surface area contributed by atoms with Crippen LogP contribution < -0.4 is 5.32 Å². The second kappa shape index (κ2) is 8.11. The molecule has 0 fully saturated rings. The minimum absolute atomic E-state index is 0.0510. The van der Waals surface area contributed by atoms with Crippen molar-refractivity contribution < 1.29 is 4.79 Å². The number of unbranched alkanes of at least 4 members (excludes halogenated alkanes) is 1. The van der Waals surface area contributed by atoms with E-state index >= 15 is 0 Å². The normalized spacial score (nSPS) is 15.1. The Morgan fingerprint density at radius 2 is 2.26 bits per heavy atom. The standard InChI is InChI=1S/C22H25N3OS/c1-2-3-10-25-11-8-16(9-12-25)19-15-23-20-7-6-17(14-18(19)20)24-22(26)21-5-4-13-27-21/h4-8,13-15,23H,2-3,9-12H2,1H3,(H,24,26). The van der Waals surface area contributed by atoms with Gasteiger partial charge in [0.15, 0.2) is 0 Å². The zero-order valence-electron chi connectivity index (χ0n) is 15.6. The lowest BCUT2D eigenvalue weighted by Gasteiger charge is -2.26. The number of benzene rings is 1. The number of H-pyrrole nitrogens is 1. The fourth-order valence-electron chi connectivity index (χ4n) is 3.61. The fourth-order valence-corrected chi connectivity index (χ4v) is 4.22. The number of hydrogen-bond acceptors (Lipinski definition) is 3. The number of carbonyl (C=O) groups excluding carboxylic acids is 1. The number of carbonyl (C=O) groups is 1. The average Bonchev–Trinajstić information content (AvgIpc) is 3.36. The minimum atomic E-state index is -0.0510. The molecule has 3 heterocycles. The largest absolute Gasteiger partial charge is 0.361 e. The van der Waals surface area contributed by atoms with Gasteiger partial charge in [-0.15, -0.1) is 11.3 Å². The van der Waals surface area contributed by atoms with E-state index in [9.17, 15) is 4.79 Å². The van der Waals surface area contributed by atoms with Gasteiger partial charge in [0.1, 0.15) is 0 Å². The molecule has 1 aliphatic heterocycles. The number of hydrogen-bond donors (Lipinski definition) is 2. The summed E-state index contributed by atoms with van der Waals surface area (Å²) in [6, 6.07) is 9.82. The van der Waals surface area contributed by atoms with Crippen molar-refractivity contribution in [2.24, 2.45) is 0 Å². The third-order valence-electron chi connectivity index (χ3n) is 5.15. The summed E-state index contributed by atoms with van der Waals surface area (Å²) in [6.45, 7) is 5.57. The highest BCUT2D eigenvalue weighted by molar-refractivity contribution is 7.12. The van der Waals surface area contributed by atoms with Crippen LogP contribution in [0.15, 0.2) is 48.0 Å². The van der Waals surface area contributed by atoms with Gasteiger partial charge in [0, 0.05) is 41.4 Å². The van der Waals surface area contributed by atoms with Crippen molar-refractivity contribution in [2.45, 2.75) is 26.2 Å². The van der Waals surface area contributed by atoms with E-state index in [1.165, 1.54) is 47.2 Å². The molecular formula is C22H25N3OS. The van der Waals surface area contributed by atoms with Crippen LogP contribution in [0.2, 0.25) is 0 Å². The Kier molecular flexibility index (Phi) is 5.41. The Labute approximate surface area is 163 Å². The lowest BCUT2D eigenvalue weighted by molar-refractivity contribution is 0.103. The van der Waals surface area contributed by atoms with Gasteiger partial charge >= 0.3 is 0 Å². The number of aromatic nitrogens is 1. The maximum atomic E-state index is 12.3. The number of nitrogens with one attached hydrogen (secondary N) is 2. The molecule has 5 heteroatoms. The van der Waals surface area contributed by atoms with Crippen molar-refractivity contribution in [1.29, 1.82) is 0 Å². The molecule has 0 spiro atoms.